The number of thiophene rings is 1. The van der Waals surface area contributed by atoms with E-state index in [4.69, 9.17) is 4.74 Å². The Kier molecular flexibility index (Phi) is 6.42. The zero-order valence-electron chi connectivity index (χ0n) is 17.1. The number of aromatic amines is 1. The first-order valence-corrected chi connectivity index (χ1v) is 14.4. The van der Waals surface area contributed by atoms with E-state index in [9.17, 15) is 31.6 Å². The number of nitrogens with one attached hydrogen (secondary N) is 1. The smallest absolute Gasteiger partial charge is 0.400 e. The molecule has 0 aliphatic heterocycles. The maximum absolute atomic E-state index is 14.6. The molecule has 3 N–H and O–H groups in total. The average molecular weight is 594 g/mol. The fraction of sp³-hybridized carbons (Fsp3) is 0.158. The van der Waals surface area contributed by atoms with Gasteiger partial charge < -0.3 is 14.5 Å². The number of fused-ring (bicyclic) bond motifs is 1. The summed E-state index contributed by atoms with van der Waals surface area (Å²) >= 11 is 3.56. The summed E-state index contributed by atoms with van der Waals surface area (Å²) in [5.74, 6) is 0.174. The van der Waals surface area contributed by atoms with Crippen molar-refractivity contribution in [2.75, 3.05) is 6.26 Å². The third-order valence-corrected chi connectivity index (χ3v) is 9.42. The van der Waals surface area contributed by atoms with E-state index in [1.54, 1.807) is 18.2 Å². The minimum atomic E-state index is -5.80. The molecular formula is C19H15BrF2N3O6PS2. The molecule has 0 aliphatic carbocycles. The van der Waals surface area contributed by atoms with Gasteiger partial charge in [-0.3, -0.25) is 9.66 Å². The molecule has 0 spiro atoms. The third kappa shape index (κ3) is 4.66. The Labute approximate surface area is 204 Å². The van der Waals surface area contributed by atoms with Crippen molar-refractivity contribution in [2.24, 2.45) is 0 Å². The Morgan fingerprint density at radius 1 is 1.24 bits per heavy atom. The van der Waals surface area contributed by atoms with Crippen molar-refractivity contribution in [1.82, 2.24) is 15.4 Å². The second kappa shape index (κ2) is 8.77. The van der Waals surface area contributed by atoms with Crippen LogP contribution in [0.15, 0.2) is 52.0 Å². The van der Waals surface area contributed by atoms with Crippen molar-refractivity contribution in [3.8, 4) is 17.0 Å². The highest BCUT2D eigenvalue weighted by Crippen LogP contribution is 2.63. The van der Waals surface area contributed by atoms with Crippen molar-refractivity contribution < 1.29 is 36.3 Å². The number of alkyl halides is 2. The molecular weight excluding hydrogens is 579 g/mol. The van der Waals surface area contributed by atoms with Crippen molar-refractivity contribution >= 4 is 54.8 Å². The van der Waals surface area contributed by atoms with E-state index in [1.807, 2.05) is 0 Å². The number of ether oxygens (including phenoxy) is 1. The van der Waals surface area contributed by atoms with Gasteiger partial charge in [0.2, 0.25) is 0 Å². The van der Waals surface area contributed by atoms with Crippen LogP contribution < -0.4 is 4.74 Å². The Morgan fingerprint density at radius 2 is 1.91 bits per heavy atom. The van der Waals surface area contributed by atoms with Gasteiger partial charge in [-0.2, -0.15) is 8.78 Å². The number of hydrogen-bond donors (Lipinski definition) is 3. The van der Waals surface area contributed by atoms with E-state index in [2.05, 4.69) is 31.3 Å². The normalized spacial score (nSPS) is 12.9. The number of halogens is 3. The minimum absolute atomic E-state index is 0.0242. The molecule has 2 heterocycles. The van der Waals surface area contributed by atoms with Gasteiger partial charge in [-0.05, 0) is 45.8 Å². The van der Waals surface area contributed by atoms with Crippen LogP contribution in [-0.4, -0.2) is 39.9 Å². The molecule has 15 heteroatoms. The fourth-order valence-electron chi connectivity index (χ4n) is 3.06. The number of H-pyrrole nitrogens is 1. The Bertz CT molecular complexity index is 1520. The molecule has 2 aromatic carbocycles. The van der Waals surface area contributed by atoms with Gasteiger partial charge in [-0.25, -0.2) is 8.42 Å². The molecule has 0 atom stereocenters. The highest BCUT2D eigenvalue weighted by atomic mass is 79.9. The maximum Gasteiger partial charge on any atom is 0.400 e. The van der Waals surface area contributed by atoms with E-state index < -0.39 is 28.0 Å². The summed E-state index contributed by atoms with van der Waals surface area (Å²) in [7, 11) is -9.17. The average Bonchev–Trinajstić information content (AvgIpc) is 3.40. The molecule has 180 valence electrons. The monoisotopic (exact) mass is 593 g/mol. The van der Waals surface area contributed by atoms with Crippen LogP contribution in [0.25, 0.3) is 21.3 Å². The Morgan fingerprint density at radius 3 is 2.47 bits per heavy atom. The maximum atomic E-state index is 14.6. The lowest BCUT2D eigenvalue weighted by Gasteiger charge is -2.16. The topological polar surface area (TPSA) is 142 Å². The molecule has 0 radical (unpaired) electrons. The molecule has 0 amide bonds. The van der Waals surface area contributed by atoms with E-state index in [1.165, 1.54) is 24.4 Å². The van der Waals surface area contributed by atoms with E-state index >= 15 is 0 Å². The summed E-state index contributed by atoms with van der Waals surface area (Å²) in [6.45, 7) is -0.0242. The number of hydrogen-bond acceptors (Lipinski definition) is 7. The lowest BCUT2D eigenvalue weighted by molar-refractivity contribution is 0.0595. The number of aromatic nitrogens is 3. The third-order valence-electron chi connectivity index (χ3n) is 4.81. The van der Waals surface area contributed by atoms with Gasteiger partial charge >= 0.3 is 13.3 Å². The van der Waals surface area contributed by atoms with Gasteiger partial charge in [0.15, 0.2) is 9.84 Å². The van der Waals surface area contributed by atoms with Crippen LogP contribution >= 0.6 is 34.9 Å². The summed E-state index contributed by atoms with van der Waals surface area (Å²) in [5, 5.41) is 10.2. The van der Waals surface area contributed by atoms with Crippen LogP contribution in [0.5, 0.6) is 5.75 Å². The first kappa shape index (κ1) is 24.9. The number of nitrogens with zero attached hydrogens (tertiary/aromatic N) is 2. The molecule has 4 rings (SSSR count). The highest BCUT2D eigenvalue weighted by Gasteiger charge is 2.53. The number of rotatable bonds is 7. The van der Waals surface area contributed by atoms with Crippen LogP contribution in [0.3, 0.4) is 0 Å². The summed E-state index contributed by atoms with van der Waals surface area (Å²) in [6, 6.07) is 9.08. The molecule has 0 saturated carbocycles. The second-order valence-corrected chi connectivity index (χ2v) is 12.7. The van der Waals surface area contributed by atoms with Gasteiger partial charge in [0.1, 0.15) is 17.2 Å². The van der Waals surface area contributed by atoms with Crippen LogP contribution in [-0.2, 0) is 26.7 Å². The van der Waals surface area contributed by atoms with E-state index in [0.29, 0.717) is 28.2 Å². The SMILES string of the molecule is CS(=O)(=O)c1ccc(COc2cc(-c3cnn[nH]3)cc3c(Br)c(C(F)(F)P(=O)(O)O)sc23)cc1. The van der Waals surface area contributed by atoms with E-state index in [-0.39, 0.29) is 31.8 Å². The molecule has 0 bridgehead atoms. The quantitative estimate of drug-likeness (QED) is 0.263. The fourth-order valence-corrected chi connectivity index (χ4v) is 6.66. The first-order chi connectivity index (χ1) is 15.8. The van der Waals surface area contributed by atoms with Crippen molar-refractivity contribution in [3.63, 3.8) is 0 Å². The first-order valence-electron chi connectivity index (χ1n) is 9.27. The molecule has 2 aromatic heterocycles. The van der Waals surface area contributed by atoms with Crippen molar-refractivity contribution in [2.45, 2.75) is 17.2 Å². The van der Waals surface area contributed by atoms with Crippen LogP contribution in [0.4, 0.5) is 8.78 Å². The molecule has 0 unspecified atom stereocenters. The summed E-state index contributed by atoms with van der Waals surface area (Å²) < 4.78 is 69.8. The largest absolute Gasteiger partial charge is 0.487 e. The minimum Gasteiger partial charge on any atom is -0.487 e. The molecule has 0 fully saturated rings. The number of sulfone groups is 1. The predicted molar refractivity (Wildman–Crippen MR) is 125 cm³/mol. The Balaban J connectivity index is 1.79. The predicted octanol–water partition coefficient (Wildman–Crippen LogP) is 4.66. The van der Waals surface area contributed by atoms with Gasteiger partial charge in [-0.15, -0.1) is 16.4 Å². The van der Waals surface area contributed by atoms with Gasteiger partial charge in [0.25, 0.3) is 0 Å². The van der Waals surface area contributed by atoms with Crippen molar-refractivity contribution in [3.05, 3.63) is 57.5 Å². The second-order valence-electron chi connectivity index (χ2n) is 7.26. The molecule has 34 heavy (non-hydrogen) atoms. The van der Waals surface area contributed by atoms with E-state index in [0.717, 1.165) is 6.26 Å². The standard InChI is InChI=1S/C19H15BrF2N3O6PS2/c1-34(29,30)12-4-2-10(3-5-12)9-31-15-7-11(14-8-23-25-24-14)6-13-16(20)18(33-17(13)15)19(21,22)32(26,27)28/h2-8H,9H2,1H3,(H,23,24,25)(H2,26,27,28). The molecule has 0 aliphatic rings. The molecule has 9 nitrogen and oxygen atoms in total. The van der Waals surface area contributed by atoms with Gasteiger partial charge in [0, 0.05) is 21.7 Å². The zero-order chi connectivity index (χ0) is 24.9. The summed E-state index contributed by atoms with van der Waals surface area (Å²) in [4.78, 5) is 17.7. The highest BCUT2D eigenvalue weighted by molar-refractivity contribution is 9.10. The molecule has 4 aromatic rings. The lowest BCUT2D eigenvalue weighted by atomic mass is 10.1. The molecule has 0 saturated heterocycles. The van der Waals surface area contributed by atoms with Crippen LogP contribution in [0, 0.1) is 0 Å². The van der Waals surface area contributed by atoms with Gasteiger partial charge in [0.05, 0.1) is 21.5 Å². The lowest BCUT2D eigenvalue weighted by Crippen LogP contribution is -2.12. The zero-order valence-corrected chi connectivity index (χ0v) is 21.2. The van der Waals surface area contributed by atoms with Crippen molar-refractivity contribution in [1.29, 1.82) is 0 Å². The number of benzene rings is 2. The van der Waals surface area contributed by atoms with Crippen LogP contribution in [0.2, 0.25) is 0 Å². The van der Waals surface area contributed by atoms with Crippen LogP contribution in [0.1, 0.15) is 10.4 Å². The van der Waals surface area contributed by atoms with Gasteiger partial charge in [-0.1, -0.05) is 17.3 Å². The Hall–Kier alpha value is -2.22. The summed E-state index contributed by atoms with van der Waals surface area (Å²) in [6.07, 6.45) is 2.50. The summed E-state index contributed by atoms with van der Waals surface area (Å²) in [5.41, 5.74) is -2.84.